The summed E-state index contributed by atoms with van der Waals surface area (Å²) < 4.78 is 6.31. The molecular formula is C26H18N4OS. The second-order valence-electron chi connectivity index (χ2n) is 7.54. The van der Waals surface area contributed by atoms with Crippen LogP contribution >= 0.6 is 11.8 Å². The third kappa shape index (κ3) is 3.35. The summed E-state index contributed by atoms with van der Waals surface area (Å²) in [6.07, 6.45) is 0.632. The molecule has 0 bridgehead atoms. The summed E-state index contributed by atoms with van der Waals surface area (Å²) in [5.74, 6) is 1.94. The molecule has 6 heteroatoms. The van der Waals surface area contributed by atoms with Crippen molar-refractivity contribution in [3.05, 3.63) is 96.2 Å². The molecule has 5 aromatic rings. The van der Waals surface area contributed by atoms with E-state index >= 15 is 0 Å². The lowest BCUT2D eigenvalue weighted by atomic mass is 10.1. The highest BCUT2D eigenvalue weighted by molar-refractivity contribution is 7.99. The fraction of sp³-hybridized carbons (Fsp3) is 0.0385. The van der Waals surface area contributed by atoms with E-state index in [1.807, 2.05) is 60.7 Å². The number of para-hydroxylation sites is 2. The van der Waals surface area contributed by atoms with Crippen LogP contribution in [0.4, 0.5) is 5.95 Å². The van der Waals surface area contributed by atoms with E-state index < -0.39 is 0 Å². The van der Waals surface area contributed by atoms with Gasteiger partial charge in [-0.05, 0) is 42.0 Å². The zero-order valence-electron chi connectivity index (χ0n) is 17.0. The van der Waals surface area contributed by atoms with Crippen molar-refractivity contribution in [1.82, 2.24) is 15.0 Å². The molecule has 0 amide bonds. The van der Waals surface area contributed by atoms with E-state index in [9.17, 15) is 0 Å². The number of benzene rings is 3. The maximum Gasteiger partial charge on any atom is 0.220 e. The summed E-state index contributed by atoms with van der Waals surface area (Å²) in [6, 6.07) is 28.3. The molecule has 5 nitrogen and oxygen atoms in total. The number of hydrogen-bond donors (Lipinski definition) is 1. The lowest BCUT2D eigenvalue weighted by molar-refractivity contribution is 0.456. The van der Waals surface area contributed by atoms with Gasteiger partial charge in [-0.25, -0.2) is 15.0 Å². The highest BCUT2D eigenvalue weighted by atomic mass is 32.2. The number of hydrogen-bond acceptors (Lipinski definition) is 6. The van der Waals surface area contributed by atoms with E-state index in [0.717, 1.165) is 54.8 Å². The highest BCUT2D eigenvalue weighted by Crippen LogP contribution is 2.50. The van der Waals surface area contributed by atoms with Crippen LogP contribution in [0.3, 0.4) is 0 Å². The van der Waals surface area contributed by atoms with Gasteiger partial charge in [0.25, 0.3) is 0 Å². The van der Waals surface area contributed by atoms with Crippen LogP contribution in [-0.2, 0) is 6.42 Å². The van der Waals surface area contributed by atoms with Gasteiger partial charge in [-0.1, -0.05) is 60.3 Å². The van der Waals surface area contributed by atoms with Gasteiger partial charge in [0.05, 0.1) is 26.7 Å². The Bertz CT molecular complexity index is 1470. The smallest absolute Gasteiger partial charge is 0.220 e. The summed E-state index contributed by atoms with van der Waals surface area (Å²) in [6.45, 7) is 0. The van der Waals surface area contributed by atoms with Crippen LogP contribution < -0.4 is 10.5 Å². The second kappa shape index (κ2) is 7.66. The van der Waals surface area contributed by atoms with E-state index in [-0.39, 0.29) is 5.95 Å². The Hall–Kier alpha value is -3.90. The minimum Gasteiger partial charge on any atom is -0.454 e. The minimum atomic E-state index is 0.256. The summed E-state index contributed by atoms with van der Waals surface area (Å²) in [7, 11) is 0. The average Bonchev–Trinajstić information content (AvgIpc) is 2.83. The lowest BCUT2D eigenvalue weighted by Gasteiger charge is -2.21. The Balaban J connectivity index is 1.47. The van der Waals surface area contributed by atoms with Gasteiger partial charge >= 0.3 is 0 Å². The number of ether oxygens (including phenoxy) is 1. The largest absolute Gasteiger partial charge is 0.454 e. The van der Waals surface area contributed by atoms with Gasteiger partial charge in [0.2, 0.25) is 5.95 Å². The first-order chi connectivity index (χ1) is 15.7. The summed E-state index contributed by atoms with van der Waals surface area (Å²) in [4.78, 5) is 16.1. The SMILES string of the molecule is Nc1nc(Cc2ccccc2)c2nc(-c3cccc4c3Oc3ccccc3S4)ccc2n1. The topological polar surface area (TPSA) is 73.9 Å². The van der Waals surface area contributed by atoms with Gasteiger partial charge in [-0.15, -0.1) is 0 Å². The summed E-state index contributed by atoms with van der Waals surface area (Å²) in [5.41, 5.74) is 11.2. The van der Waals surface area contributed by atoms with E-state index in [4.69, 9.17) is 15.5 Å². The number of anilines is 1. The first-order valence-electron chi connectivity index (χ1n) is 10.3. The third-order valence-corrected chi connectivity index (χ3v) is 6.48. The van der Waals surface area contributed by atoms with E-state index in [2.05, 4.69) is 34.2 Å². The molecule has 0 spiro atoms. The van der Waals surface area contributed by atoms with Gasteiger partial charge in [0, 0.05) is 12.0 Å². The van der Waals surface area contributed by atoms with Gasteiger partial charge in [0.15, 0.2) is 5.75 Å². The van der Waals surface area contributed by atoms with E-state index in [0.29, 0.717) is 6.42 Å². The Morgan fingerprint density at radius 3 is 2.47 bits per heavy atom. The third-order valence-electron chi connectivity index (χ3n) is 5.38. The molecule has 3 heterocycles. The number of nitrogens with zero attached hydrogens (tertiary/aromatic N) is 3. The van der Waals surface area contributed by atoms with Crippen LogP contribution in [0.5, 0.6) is 11.5 Å². The highest BCUT2D eigenvalue weighted by Gasteiger charge is 2.22. The standard InChI is InChI=1S/C26H18N4OS/c27-26-29-19-14-13-18(28-24(19)20(30-26)15-16-7-2-1-3-8-16)17-9-6-12-23-25(17)31-21-10-4-5-11-22(21)32-23/h1-14H,15H2,(H2,27,29,30). The molecule has 1 aliphatic rings. The molecule has 0 fully saturated rings. The summed E-state index contributed by atoms with van der Waals surface area (Å²) >= 11 is 1.71. The monoisotopic (exact) mass is 434 g/mol. The van der Waals surface area contributed by atoms with Crippen molar-refractivity contribution in [3.63, 3.8) is 0 Å². The maximum absolute atomic E-state index is 6.31. The van der Waals surface area contributed by atoms with Crippen molar-refractivity contribution < 1.29 is 4.74 Å². The number of pyridine rings is 1. The maximum atomic E-state index is 6.31. The first kappa shape index (κ1) is 18.8. The fourth-order valence-electron chi connectivity index (χ4n) is 3.91. The van der Waals surface area contributed by atoms with Crippen molar-refractivity contribution in [3.8, 4) is 22.8 Å². The first-order valence-corrected chi connectivity index (χ1v) is 11.1. The average molecular weight is 435 g/mol. The molecular weight excluding hydrogens is 416 g/mol. The van der Waals surface area contributed by atoms with Gasteiger partial charge < -0.3 is 10.5 Å². The predicted octanol–water partition coefficient (Wildman–Crippen LogP) is 6.12. The molecule has 0 aliphatic carbocycles. The van der Waals surface area contributed by atoms with E-state index in [1.54, 1.807) is 11.8 Å². The molecule has 2 N–H and O–H groups in total. The zero-order valence-corrected chi connectivity index (χ0v) is 17.8. The Morgan fingerprint density at radius 2 is 1.56 bits per heavy atom. The van der Waals surface area contributed by atoms with Crippen molar-refractivity contribution in [2.45, 2.75) is 16.2 Å². The van der Waals surface area contributed by atoms with Crippen LogP contribution in [0.1, 0.15) is 11.3 Å². The number of rotatable bonds is 3. The molecule has 1 aliphatic heterocycles. The molecule has 2 aromatic heterocycles. The molecule has 0 saturated heterocycles. The van der Waals surface area contributed by atoms with Crippen molar-refractivity contribution >= 4 is 28.7 Å². The number of nitrogen functional groups attached to an aromatic ring is 1. The lowest BCUT2D eigenvalue weighted by Crippen LogP contribution is -2.04. The molecule has 0 radical (unpaired) electrons. The Kier molecular flexibility index (Phi) is 4.51. The van der Waals surface area contributed by atoms with Gasteiger partial charge in [-0.3, -0.25) is 0 Å². The molecule has 154 valence electrons. The molecule has 3 aromatic carbocycles. The Morgan fingerprint density at radius 1 is 0.750 bits per heavy atom. The normalized spacial score (nSPS) is 12.1. The van der Waals surface area contributed by atoms with Crippen LogP contribution in [0, 0.1) is 0 Å². The second-order valence-corrected chi connectivity index (χ2v) is 8.62. The molecule has 0 unspecified atom stereocenters. The molecule has 32 heavy (non-hydrogen) atoms. The molecule has 0 atom stereocenters. The van der Waals surface area contributed by atoms with Crippen molar-refractivity contribution in [2.24, 2.45) is 0 Å². The molecule has 0 saturated carbocycles. The van der Waals surface area contributed by atoms with Crippen LogP contribution in [-0.4, -0.2) is 15.0 Å². The van der Waals surface area contributed by atoms with Crippen molar-refractivity contribution in [1.29, 1.82) is 0 Å². The van der Waals surface area contributed by atoms with Crippen LogP contribution in [0.25, 0.3) is 22.3 Å². The minimum absolute atomic E-state index is 0.256. The number of nitrogens with two attached hydrogens (primary N) is 1. The quantitative estimate of drug-likeness (QED) is 0.362. The predicted molar refractivity (Wildman–Crippen MR) is 127 cm³/mol. The summed E-state index contributed by atoms with van der Waals surface area (Å²) in [5, 5.41) is 0. The van der Waals surface area contributed by atoms with Crippen LogP contribution in [0.2, 0.25) is 0 Å². The van der Waals surface area contributed by atoms with Crippen molar-refractivity contribution in [2.75, 3.05) is 5.73 Å². The van der Waals surface area contributed by atoms with Gasteiger partial charge in [0.1, 0.15) is 11.3 Å². The van der Waals surface area contributed by atoms with Crippen LogP contribution in [0.15, 0.2) is 94.7 Å². The van der Waals surface area contributed by atoms with E-state index in [1.165, 1.54) is 0 Å². The number of fused-ring (bicyclic) bond motifs is 3. The fourth-order valence-corrected chi connectivity index (χ4v) is 4.89. The van der Waals surface area contributed by atoms with Gasteiger partial charge in [-0.2, -0.15) is 0 Å². The number of aromatic nitrogens is 3. The molecule has 6 rings (SSSR count). The zero-order chi connectivity index (χ0) is 21.5. The Labute approximate surface area is 189 Å².